The predicted octanol–water partition coefficient (Wildman–Crippen LogP) is 3.19. The lowest BCUT2D eigenvalue weighted by Gasteiger charge is -2.20. The van der Waals surface area contributed by atoms with E-state index < -0.39 is 0 Å². The highest BCUT2D eigenvalue weighted by molar-refractivity contribution is 5.91. The molecular formula is C17H18N2O2. The van der Waals surface area contributed by atoms with E-state index in [9.17, 15) is 4.79 Å². The molecule has 108 valence electrons. The van der Waals surface area contributed by atoms with Gasteiger partial charge in [0.15, 0.2) is 0 Å². The summed E-state index contributed by atoms with van der Waals surface area (Å²) < 4.78 is 5.44. The first-order chi connectivity index (χ1) is 10.2. The van der Waals surface area contributed by atoms with Crippen LogP contribution in [0.4, 0.5) is 0 Å². The molecule has 21 heavy (non-hydrogen) atoms. The summed E-state index contributed by atoms with van der Waals surface area (Å²) in [5.74, 6) is 1.59. The first-order valence-corrected chi connectivity index (χ1v) is 7.16. The van der Waals surface area contributed by atoms with E-state index in [1.54, 1.807) is 24.5 Å². The minimum Gasteiger partial charge on any atom is -0.462 e. The molecule has 0 radical (unpaired) electrons. The molecule has 0 aliphatic heterocycles. The lowest BCUT2D eigenvalue weighted by atomic mass is 10.2. The van der Waals surface area contributed by atoms with Gasteiger partial charge in [-0.05, 0) is 55.7 Å². The molecule has 1 aliphatic rings. The Morgan fingerprint density at radius 3 is 2.71 bits per heavy atom. The number of pyridine rings is 1. The quantitative estimate of drug-likeness (QED) is 0.791. The van der Waals surface area contributed by atoms with Crippen molar-refractivity contribution in [2.45, 2.75) is 32.4 Å². The monoisotopic (exact) mass is 282 g/mol. The second-order valence-electron chi connectivity index (χ2n) is 5.33. The summed E-state index contributed by atoms with van der Waals surface area (Å²) in [5.41, 5.74) is 1.10. The van der Waals surface area contributed by atoms with E-state index in [4.69, 9.17) is 4.42 Å². The summed E-state index contributed by atoms with van der Waals surface area (Å²) in [6.07, 6.45) is 9.02. The van der Waals surface area contributed by atoms with Gasteiger partial charge >= 0.3 is 0 Å². The Kier molecular flexibility index (Phi) is 3.86. The van der Waals surface area contributed by atoms with Gasteiger partial charge in [0.1, 0.15) is 11.5 Å². The molecule has 1 amide bonds. The number of carbonyl (C=O) groups excluding carboxylic acids is 1. The first-order valence-electron chi connectivity index (χ1n) is 7.16. The van der Waals surface area contributed by atoms with Crippen LogP contribution in [0.15, 0.2) is 47.2 Å². The van der Waals surface area contributed by atoms with Crippen molar-refractivity contribution in [2.24, 2.45) is 0 Å². The van der Waals surface area contributed by atoms with Gasteiger partial charge in [-0.2, -0.15) is 0 Å². The number of aromatic nitrogens is 1. The van der Waals surface area contributed by atoms with Crippen molar-refractivity contribution in [2.75, 3.05) is 0 Å². The normalized spacial score (nSPS) is 14.5. The Morgan fingerprint density at radius 2 is 2.10 bits per heavy atom. The van der Waals surface area contributed by atoms with E-state index in [2.05, 4.69) is 4.98 Å². The van der Waals surface area contributed by atoms with Crippen molar-refractivity contribution in [1.82, 2.24) is 9.88 Å². The molecule has 2 aromatic rings. The fourth-order valence-electron chi connectivity index (χ4n) is 2.25. The van der Waals surface area contributed by atoms with Gasteiger partial charge in [-0.3, -0.25) is 9.78 Å². The highest BCUT2D eigenvalue weighted by Crippen LogP contribution is 2.28. The second kappa shape index (κ2) is 5.95. The maximum Gasteiger partial charge on any atom is 0.247 e. The minimum atomic E-state index is 0.0309. The maximum atomic E-state index is 12.4. The molecule has 2 aromatic heterocycles. The number of hydrogen-bond donors (Lipinski definition) is 0. The van der Waals surface area contributed by atoms with Crippen molar-refractivity contribution >= 4 is 12.0 Å². The summed E-state index contributed by atoms with van der Waals surface area (Å²) in [5, 5.41) is 0. The average molecular weight is 282 g/mol. The summed E-state index contributed by atoms with van der Waals surface area (Å²) in [6, 6.07) is 8.02. The maximum absolute atomic E-state index is 12.4. The predicted molar refractivity (Wildman–Crippen MR) is 80.3 cm³/mol. The smallest absolute Gasteiger partial charge is 0.247 e. The van der Waals surface area contributed by atoms with Crippen molar-refractivity contribution in [1.29, 1.82) is 0 Å². The topological polar surface area (TPSA) is 46.3 Å². The van der Waals surface area contributed by atoms with Gasteiger partial charge in [0.2, 0.25) is 5.91 Å². The minimum absolute atomic E-state index is 0.0309. The van der Waals surface area contributed by atoms with Gasteiger partial charge in [0.25, 0.3) is 0 Å². The number of nitrogens with zero attached hydrogens (tertiary/aromatic N) is 2. The Labute approximate surface area is 124 Å². The number of furan rings is 1. The third-order valence-corrected chi connectivity index (χ3v) is 3.52. The summed E-state index contributed by atoms with van der Waals surface area (Å²) in [4.78, 5) is 18.3. The molecule has 0 bridgehead atoms. The van der Waals surface area contributed by atoms with Crippen LogP contribution in [0.25, 0.3) is 6.08 Å². The SMILES string of the molecule is Cc1ccc(/C=C/C(=O)N(Cc2ccncc2)C2CC2)o1. The standard InChI is InChI=1S/C17H18N2O2/c1-13-2-5-16(21-13)6-7-17(20)19(15-3-4-15)12-14-8-10-18-11-9-14/h2,5-11,15H,3-4,12H2,1H3/b7-6+. The Bertz CT molecular complexity index is 642. The van der Waals surface area contributed by atoms with E-state index in [1.165, 1.54) is 0 Å². The van der Waals surface area contributed by atoms with Crippen molar-refractivity contribution in [3.63, 3.8) is 0 Å². The molecule has 3 rings (SSSR count). The first kappa shape index (κ1) is 13.6. The van der Waals surface area contributed by atoms with E-state index in [0.717, 1.165) is 24.2 Å². The number of aryl methyl sites for hydroxylation is 1. The molecule has 0 spiro atoms. The van der Waals surface area contributed by atoms with Gasteiger partial charge in [-0.1, -0.05) is 0 Å². The molecular weight excluding hydrogens is 264 g/mol. The Hall–Kier alpha value is -2.36. The molecule has 4 heteroatoms. The molecule has 1 aliphatic carbocycles. The number of rotatable bonds is 5. The molecule has 0 saturated heterocycles. The number of amides is 1. The van der Waals surface area contributed by atoms with E-state index >= 15 is 0 Å². The largest absolute Gasteiger partial charge is 0.462 e. The molecule has 0 atom stereocenters. The van der Waals surface area contributed by atoms with Gasteiger partial charge in [-0.15, -0.1) is 0 Å². The highest BCUT2D eigenvalue weighted by atomic mass is 16.3. The summed E-state index contributed by atoms with van der Waals surface area (Å²) in [7, 11) is 0. The zero-order valence-corrected chi connectivity index (χ0v) is 12.0. The van der Waals surface area contributed by atoms with Crippen LogP contribution in [-0.4, -0.2) is 21.8 Å². The molecule has 1 saturated carbocycles. The van der Waals surface area contributed by atoms with Crippen LogP contribution in [0, 0.1) is 6.92 Å². The van der Waals surface area contributed by atoms with Crippen LogP contribution >= 0.6 is 0 Å². The van der Waals surface area contributed by atoms with Crippen LogP contribution in [0.2, 0.25) is 0 Å². The molecule has 0 N–H and O–H groups in total. The van der Waals surface area contributed by atoms with Crippen LogP contribution in [0.1, 0.15) is 29.9 Å². The lowest BCUT2D eigenvalue weighted by Crippen LogP contribution is -2.31. The third kappa shape index (κ3) is 3.60. The van der Waals surface area contributed by atoms with E-state index in [-0.39, 0.29) is 5.91 Å². The third-order valence-electron chi connectivity index (χ3n) is 3.52. The second-order valence-corrected chi connectivity index (χ2v) is 5.33. The molecule has 0 aromatic carbocycles. The molecule has 4 nitrogen and oxygen atoms in total. The zero-order valence-electron chi connectivity index (χ0n) is 12.0. The van der Waals surface area contributed by atoms with Crippen LogP contribution < -0.4 is 0 Å². The van der Waals surface area contributed by atoms with Crippen LogP contribution in [0.3, 0.4) is 0 Å². The van der Waals surface area contributed by atoms with Crippen molar-refractivity contribution < 1.29 is 9.21 Å². The van der Waals surface area contributed by atoms with Gasteiger partial charge in [0.05, 0.1) is 0 Å². The zero-order chi connectivity index (χ0) is 14.7. The molecule has 0 unspecified atom stereocenters. The number of carbonyl (C=O) groups is 1. The summed E-state index contributed by atoms with van der Waals surface area (Å²) in [6.45, 7) is 2.52. The fraction of sp³-hybridized carbons (Fsp3) is 0.294. The highest BCUT2D eigenvalue weighted by Gasteiger charge is 2.31. The van der Waals surface area contributed by atoms with E-state index in [1.807, 2.05) is 36.1 Å². The molecule has 1 fully saturated rings. The molecule has 2 heterocycles. The fourth-order valence-corrected chi connectivity index (χ4v) is 2.25. The van der Waals surface area contributed by atoms with Crippen molar-refractivity contribution in [3.05, 3.63) is 59.8 Å². The van der Waals surface area contributed by atoms with Gasteiger partial charge in [-0.25, -0.2) is 0 Å². The van der Waals surface area contributed by atoms with E-state index in [0.29, 0.717) is 18.3 Å². The summed E-state index contributed by atoms with van der Waals surface area (Å²) >= 11 is 0. The van der Waals surface area contributed by atoms with Crippen LogP contribution in [-0.2, 0) is 11.3 Å². The average Bonchev–Trinajstić information content (AvgIpc) is 3.25. The van der Waals surface area contributed by atoms with Crippen LogP contribution in [0.5, 0.6) is 0 Å². The Balaban J connectivity index is 1.69. The Morgan fingerprint density at radius 1 is 1.33 bits per heavy atom. The number of hydrogen-bond acceptors (Lipinski definition) is 3. The van der Waals surface area contributed by atoms with Crippen molar-refractivity contribution in [3.8, 4) is 0 Å². The lowest BCUT2D eigenvalue weighted by molar-refractivity contribution is -0.127. The van der Waals surface area contributed by atoms with Gasteiger partial charge in [0, 0.05) is 31.1 Å². The van der Waals surface area contributed by atoms with Gasteiger partial charge < -0.3 is 9.32 Å².